The summed E-state index contributed by atoms with van der Waals surface area (Å²) in [6.45, 7) is 1.90. The van der Waals surface area contributed by atoms with Crippen LogP contribution in [-0.2, 0) is 0 Å². The van der Waals surface area contributed by atoms with E-state index in [1.165, 1.54) is 6.07 Å². The Morgan fingerprint density at radius 1 is 1.04 bits per heavy atom. The summed E-state index contributed by atoms with van der Waals surface area (Å²) in [4.78, 5) is 14.6. The van der Waals surface area contributed by atoms with Gasteiger partial charge in [0, 0.05) is 13.0 Å². The fourth-order valence-electron chi connectivity index (χ4n) is 3.53. The fourth-order valence-corrected chi connectivity index (χ4v) is 3.53. The summed E-state index contributed by atoms with van der Waals surface area (Å²) < 4.78 is 25.4. The maximum atomic E-state index is 14.0. The number of halogens is 1. The number of amides is 1. The summed E-state index contributed by atoms with van der Waals surface area (Å²) in [7, 11) is 0. The highest BCUT2D eigenvalue weighted by atomic mass is 19.1. The Kier molecular flexibility index (Phi) is 4.30. The minimum absolute atomic E-state index is 0.0655. The first-order valence-electron chi connectivity index (χ1n) is 8.69. The third-order valence-electron chi connectivity index (χ3n) is 4.77. The molecule has 0 N–H and O–H groups in total. The van der Waals surface area contributed by atoms with Gasteiger partial charge in [0.05, 0.1) is 24.8 Å². The van der Waals surface area contributed by atoms with Crippen LogP contribution in [0.1, 0.15) is 41.2 Å². The Balaban J connectivity index is 1.63. The van der Waals surface area contributed by atoms with Crippen LogP contribution in [0.5, 0.6) is 11.5 Å². The largest absolute Gasteiger partial charge is 0.490 e. The van der Waals surface area contributed by atoms with E-state index in [0.29, 0.717) is 19.8 Å². The highest BCUT2D eigenvalue weighted by Crippen LogP contribution is 2.38. The summed E-state index contributed by atoms with van der Waals surface area (Å²) in [5, 5.41) is 0. The van der Waals surface area contributed by atoms with Gasteiger partial charge in [-0.2, -0.15) is 0 Å². The molecule has 0 aliphatic carbocycles. The molecular weight excluding hydrogens is 321 g/mol. The number of hydrogen-bond donors (Lipinski definition) is 0. The Hall–Kier alpha value is -2.56. The van der Waals surface area contributed by atoms with Gasteiger partial charge in [0.15, 0.2) is 11.5 Å². The first-order valence-corrected chi connectivity index (χ1v) is 8.69. The van der Waals surface area contributed by atoms with Gasteiger partial charge >= 0.3 is 0 Å². The standard InChI is InChI=1S/C20H20FNO3/c21-16-6-2-1-5-15(16)20(23)22-10-3-7-17(22)14-8-9-18-19(13-14)25-12-4-11-24-18/h1-2,5-6,8-9,13,17H,3-4,7,10-12H2/t17-/m1/s1. The first-order chi connectivity index (χ1) is 12.2. The van der Waals surface area contributed by atoms with Crippen LogP contribution in [0.4, 0.5) is 4.39 Å². The molecule has 4 nitrogen and oxygen atoms in total. The molecule has 2 aromatic rings. The third kappa shape index (κ3) is 3.06. The van der Waals surface area contributed by atoms with Crippen LogP contribution in [0.15, 0.2) is 42.5 Å². The second-order valence-electron chi connectivity index (χ2n) is 6.39. The zero-order chi connectivity index (χ0) is 17.2. The predicted octanol–water partition coefficient (Wildman–Crippen LogP) is 3.96. The van der Waals surface area contributed by atoms with Gasteiger partial charge in [-0.05, 0) is 42.7 Å². The number of fused-ring (bicyclic) bond motifs is 1. The quantitative estimate of drug-likeness (QED) is 0.830. The molecule has 0 spiro atoms. The number of hydrogen-bond acceptors (Lipinski definition) is 3. The molecule has 0 aromatic heterocycles. The average Bonchev–Trinajstić information content (AvgIpc) is 3.00. The Labute approximate surface area is 146 Å². The molecule has 0 radical (unpaired) electrons. The van der Waals surface area contributed by atoms with Crippen molar-refractivity contribution in [2.75, 3.05) is 19.8 Å². The number of carbonyl (C=O) groups excluding carboxylic acids is 1. The van der Waals surface area contributed by atoms with Gasteiger partial charge in [0.2, 0.25) is 0 Å². The van der Waals surface area contributed by atoms with E-state index in [2.05, 4.69) is 0 Å². The van der Waals surface area contributed by atoms with Crippen molar-refractivity contribution < 1.29 is 18.7 Å². The van der Waals surface area contributed by atoms with Crippen molar-refractivity contribution >= 4 is 5.91 Å². The first kappa shape index (κ1) is 15.9. The molecule has 1 fully saturated rings. The van der Waals surface area contributed by atoms with Crippen LogP contribution >= 0.6 is 0 Å². The highest BCUT2D eigenvalue weighted by molar-refractivity contribution is 5.95. The van der Waals surface area contributed by atoms with Crippen LogP contribution in [-0.4, -0.2) is 30.6 Å². The van der Waals surface area contributed by atoms with Gasteiger partial charge in [0.25, 0.3) is 5.91 Å². The van der Waals surface area contributed by atoms with Crippen molar-refractivity contribution in [1.29, 1.82) is 0 Å². The molecule has 2 heterocycles. The number of benzene rings is 2. The van der Waals surface area contributed by atoms with Crippen LogP contribution < -0.4 is 9.47 Å². The predicted molar refractivity (Wildman–Crippen MR) is 91.5 cm³/mol. The van der Waals surface area contributed by atoms with Crippen LogP contribution in [0, 0.1) is 5.82 Å². The van der Waals surface area contributed by atoms with Crippen molar-refractivity contribution in [1.82, 2.24) is 4.90 Å². The van der Waals surface area contributed by atoms with E-state index in [4.69, 9.17) is 9.47 Å². The monoisotopic (exact) mass is 341 g/mol. The van der Waals surface area contributed by atoms with E-state index in [1.807, 2.05) is 18.2 Å². The maximum Gasteiger partial charge on any atom is 0.257 e. The minimum Gasteiger partial charge on any atom is -0.490 e. The Bertz CT molecular complexity index is 792. The summed E-state index contributed by atoms with van der Waals surface area (Å²) >= 11 is 0. The number of likely N-dealkylation sites (tertiary alicyclic amines) is 1. The van der Waals surface area contributed by atoms with Crippen molar-refractivity contribution in [3.63, 3.8) is 0 Å². The Morgan fingerprint density at radius 3 is 2.68 bits per heavy atom. The van der Waals surface area contributed by atoms with Gasteiger partial charge in [-0.3, -0.25) is 4.79 Å². The van der Waals surface area contributed by atoms with Gasteiger partial charge in [-0.1, -0.05) is 18.2 Å². The number of ether oxygens (including phenoxy) is 2. The fraction of sp³-hybridized carbons (Fsp3) is 0.350. The molecule has 5 heteroatoms. The third-order valence-corrected chi connectivity index (χ3v) is 4.77. The van der Waals surface area contributed by atoms with E-state index in [1.54, 1.807) is 23.1 Å². The number of rotatable bonds is 2. The molecule has 0 saturated carbocycles. The minimum atomic E-state index is -0.475. The molecule has 0 bridgehead atoms. The molecule has 2 aliphatic heterocycles. The summed E-state index contributed by atoms with van der Waals surface area (Å²) in [5.74, 6) is 0.732. The van der Waals surface area contributed by atoms with Gasteiger partial charge in [-0.25, -0.2) is 4.39 Å². The molecule has 4 rings (SSSR count). The smallest absolute Gasteiger partial charge is 0.257 e. The van der Waals surface area contributed by atoms with E-state index < -0.39 is 5.82 Å². The van der Waals surface area contributed by atoms with Crippen LogP contribution in [0.25, 0.3) is 0 Å². The van der Waals surface area contributed by atoms with E-state index in [9.17, 15) is 9.18 Å². The average molecular weight is 341 g/mol. The Morgan fingerprint density at radius 2 is 1.84 bits per heavy atom. The van der Waals surface area contributed by atoms with Gasteiger partial charge in [-0.15, -0.1) is 0 Å². The summed E-state index contributed by atoms with van der Waals surface area (Å²) in [6, 6.07) is 11.9. The zero-order valence-electron chi connectivity index (χ0n) is 13.9. The zero-order valence-corrected chi connectivity index (χ0v) is 13.9. The SMILES string of the molecule is O=C(c1ccccc1F)N1CCC[C@@H]1c1ccc2c(c1)OCCCO2. The lowest BCUT2D eigenvalue weighted by Gasteiger charge is -2.26. The van der Waals surface area contributed by atoms with Crippen molar-refractivity contribution in [3.8, 4) is 11.5 Å². The molecule has 2 aliphatic rings. The van der Waals surface area contributed by atoms with E-state index in [0.717, 1.165) is 36.3 Å². The maximum absolute atomic E-state index is 14.0. The molecule has 2 aromatic carbocycles. The second-order valence-corrected chi connectivity index (χ2v) is 6.39. The molecular formula is C20H20FNO3. The topological polar surface area (TPSA) is 38.8 Å². The van der Waals surface area contributed by atoms with Crippen LogP contribution in [0.3, 0.4) is 0 Å². The van der Waals surface area contributed by atoms with Crippen LogP contribution in [0.2, 0.25) is 0 Å². The van der Waals surface area contributed by atoms with Gasteiger partial charge < -0.3 is 14.4 Å². The van der Waals surface area contributed by atoms with Crippen molar-refractivity contribution in [2.45, 2.75) is 25.3 Å². The lowest BCUT2D eigenvalue weighted by Crippen LogP contribution is -2.31. The summed E-state index contributed by atoms with van der Waals surface area (Å²) in [5.41, 5.74) is 1.13. The molecule has 0 unspecified atom stereocenters. The molecule has 130 valence electrons. The van der Waals surface area contributed by atoms with E-state index >= 15 is 0 Å². The van der Waals surface area contributed by atoms with E-state index in [-0.39, 0.29) is 17.5 Å². The molecule has 1 amide bonds. The summed E-state index contributed by atoms with van der Waals surface area (Å²) in [6.07, 6.45) is 2.62. The van der Waals surface area contributed by atoms with Crippen molar-refractivity contribution in [3.05, 3.63) is 59.4 Å². The molecule has 1 atom stereocenters. The molecule has 1 saturated heterocycles. The highest BCUT2D eigenvalue weighted by Gasteiger charge is 2.32. The van der Waals surface area contributed by atoms with Gasteiger partial charge in [0.1, 0.15) is 5.82 Å². The number of carbonyl (C=O) groups is 1. The number of nitrogens with zero attached hydrogens (tertiary/aromatic N) is 1. The molecule has 25 heavy (non-hydrogen) atoms. The van der Waals surface area contributed by atoms with Crippen molar-refractivity contribution in [2.24, 2.45) is 0 Å². The lowest BCUT2D eigenvalue weighted by atomic mass is 10.0. The second kappa shape index (κ2) is 6.75. The normalized spacial score (nSPS) is 19.6. The lowest BCUT2D eigenvalue weighted by molar-refractivity contribution is 0.0730.